The van der Waals surface area contributed by atoms with Gasteiger partial charge in [-0.3, -0.25) is 0 Å². The number of rotatable bonds is 2. The maximum Gasteiger partial charge on any atom is 0.173 e. The smallest absolute Gasteiger partial charge is 0.173 e. The normalized spacial score (nSPS) is 12.5. The molecule has 0 aliphatic rings. The van der Waals surface area contributed by atoms with E-state index < -0.39 is 23.5 Å². The van der Waals surface area contributed by atoms with Crippen LogP contribution in [0.15, 0.2) is 34.8 Å². The van der Waals surface area contributed by atoms with Gasteiger partial charge < -0.3 is 5.73 Å². The number of hydrogen-bond donors (Lipinski definition) is 1. The van der Waals surface area contributed by atoms with Crippen LogP contribution in [0.4, 0.5) is 13.2 Å². The molecule has 0 spiro atoms. The highest BCUT2D eigenvalue weighted by Gasteiger charge is 2.19. The Kier molecular flexibility index (Phi) is 4.18. The van der Waals surface area contributed by atoms with Crippen LogP contribution in [0.1, 0.15) is 17.2 Å². The second kappa shape index (κ2) is 5.53. The van der Waals surface area contributed by atoms with E-state index >= 15 is 0 Å². The van der Waals surface area contributed by atoms with Crippen LogP contribution in [-0.2, 0) is 0 Å². The van der Waals surface area contributed by atoms with Gasteiger partial charge in [-0.25, -0.2) is 13.2 Å². The second-order valence-corrected chi connectivity index (χ2v) is 5.11. The molecule has 6 heteroatoms. The third kappa shape index (κ3) is 2.78. The summed E-state index contributed by atoms with van der Waals surface area (Å²) < 4.78 is 39.6. The Morgan fingerprint density at radius 1 is 1.05 bits per heavy atom. The quantitative estimate of drug-likeness (QED) is 0.789. The van der Waals surface area contributed by atoms with Crippen molar-refractivity contribution in [2.45, 2.75) is 6.04 Å². The summed E-state index contributed by atoms with van der Waals surface area (Å²) in [5.74, 6) is -2.54. The predicted molar refractivity (Wildman–Crippen MR) is 71.5 cm³/mol. The molecule has 1 atom stereocenters. The van der Waals surface area contributed by atoms with E-state index in [1.807, 2.05) is 0 Å². The summed E-state index contributed by atoms with van der Waals surface area (Å²) in [6, 6.07) is 5.14. The molecule has 100 valence electrons. The molecule has 2 rings (SSSR count). The van der Waals surface area contributed by atoms with Gasteiger partial charge in [0.15, 0.2) is 11.6 Å². The highest BCUT2D eigenvalue weighted by atomic mass is 79.9. The maximum atomic E-state index is 13.5. The van der Waals surface area contributed by atoms with Gasteiger partial charge in [0.05, 0.1) is 10.5 Å². The number of hydrogen-bond acceptors (Lipinski definition) is 1. The van der Waals surface area contributed by atoms with Crippen molar-refractivity contribution in [2.75, 3.05) is 0 Å². The van der Waals surface area contributed by atoms with Gasteiger partial charge in [-0.1, -0.05) is 17.7 Å². The van der Waals surface area contributed by atoms with Crippen LogP contribution >= 0.6 is 27.5 Å². The van der Waals surface area contributed by atoms with Crippen LogP contribution < -0.4 is 5.73 Å². The van der Waals surface area contributed by atoms with Crippen molar-refractivity contribution in [3.05, 3.63) is 68.4 Å². The molecular weight excluding hydrogens is 343 g/mol. The number of benzene rings is 2. The molecule has 0 amide bonds. The first-order valence-electron chi connectivity index (χ1n) is 5.25. The van der Waals surface area contributed by atoms with Crippen molar-refractivity contribution >= 4 is 27.5 Å². The zero-order valence-corrected chi connectivity index (χ0v) is 11.8. The van der Waals surface area contributed by atoms with Gasteiger partial charge in [0.25, 0.3) is 0 Å². The average molecular weight is 351 g/mol. The molecule has 0 saturated heterocycles. The lowest BCUT2D eigenvalue weighted by Crippen LogP contribution is -2.14. The molecule has 0 radical (unpaired) electrons. The monoisotopic (exact) mass is 349 g/mol. The summed E-state index contributed by atoms with van der Waals surface area (Å²) in [7, 11) is 0. The zero-order chi connectivity index (χ0) is 14.2. The summed E-state index contributed by atoms with van der Waals surface area (Å²) in [5, 5.41) is 0.255. The molecule has 19 heavy (non-hydrogen) atoms. The molecule has 0 aliphatic carbocycles. The summed E-state index contributed by atoms with van der Waals surface area (Å²) in [5.41, 5.74) is 6.52. The van der Waals surface area contributed by atoms with Crippen molar-refractivity contribution in [3.63, 3.8) is 0 Å². The van der Waals surface area contributed by atoms with Crippen LogP contribution in [0.3, 0.4) is 0 Å². The van der Waals surface area contributed by atoms with Gasteiger partial charge in [0, 0.05) is 5.02 Å². The molecule has 0 aliphatic heterocycles. The van der Waals surface area contributed by atoms with Crippen molar-refractivity contribution in [1.82, 2.24) is 0 Å². The Hall–Kier alpha value is -1.04. The van der Waals surface area contributed by atoms with Crippen LogP contribution in [0.5, 0.6) is 0 Å². The standard InChI is InChI=1S/C13H8BrClF3N/c14-11-7(2-4-10(17)12(11)18)13(19)8-5-6(16)1-3-9(8)15/h1-5,13H,19H2. The molecule has 2 N–H and O–H groups in total. The summed E-state index contributed by atoms with van der Waals surface area (Å²) in [4.78, 5) is 0. The van der Waals surface area contributed by atoms with Gasteiger partial charge in [-0.15, -0.1) is 0 Å². The fourth-order valence-corrected chi connectivity index (χ4v) is 2.50. The molecule has 0 fully saturated rings. The molecule has 1 unspecified atom stereocenters. The zero-order valence-electron chi connectivity index (χ0n) is 9.43. The molecule has 2 aromatic rings. The fraction of sp³-hybridized carbons (Fsp3) is 0.0769. The third-order valence-corrected chi connectivity index (χ3v) is 3.84. The fourth-order valence-electron chi connectivity index (χ4n) is 1.70. The van der Waals surface area contributed by atoms with Crippen molar-refractivity contribution in [2.24, 2.45) is 5.73 Å². The molecule has 0 saturated carbocycles. The highest BCUT2D eigenvalue weighted by molar-refractivity contribution is 9.10. The first-order chi connectivity index (χ1) is 8.91. The predicted octanol–water partition coefficient (Wildman–Crippen LogP) is 4.57. The van der Waals surface area contributed by atoms with Gasteiger partial charge in [-0.05, 0) is 51.3 Å². The SMILES string of the molecule is NC(c1cc(F)ccc1Cl)c1ccc(F)c(F)c1Br. The minimum atomic E-state index is -1.04. The van der Waals surface area contributed by atoms with Crippen LogP contribution in [-0.4, -0.2) is 0 Å². The second-order valence-electron chi connectivity index (χ2n) is 3.91. The van der Waals surface area contributed by atoms with E-state index in [2.05, 4.69) is 15.9 Å². The molecule has 0 heterocycles. The lowest BCUT2D eigenvalue weighted by molar-refractivity contribution is 0.501. The molecule has 0 bridgehead atoms. The van der Waals surface area contributed by atoms with E-state index in [1.165, 1.54) is 24.3 Å². The number of halogens is 5. The lowest BCUT2D eigenvalue weighted by atomic mass is 9.99. The molecule has 1 nitrogen and oxygen atoms in total. The summed E-state index contributed by atoms with van der Waals surface area (Å²) in [6.45, 7) is 0. The van der Waals surface area contributed by atoms with Gasteiger partial charge >= 0.3 is 0 Å². The van der Waals surface area contributed by atoms with E-state index in [-0.39, 0.29) is 15.1 Å². The summed E-state index contributed by atoms with van der Waals surface area (Å²) in [6.07, 6.45) is 0. The molecule has 2 aromatic carbocycles. The Bertz CT molecular complexity index is 634. The topological polar surface area (TPSA) is 26.0 Å². The van der Waals surface area contributed by atoms with Gasteiger partial charge in [0.2, 0.25) is 0 Å². The lowest BCUT2D eigenvalue weighted by Gasteiger charge is -2.16. The summed E-state index contributed by atoms with van der Waals surface area (Å²) >= 11 is 8.87. The Balaban J connectivity index is 2.53. The van der Waals surface area contributed by atoms with Gasteiger partial charge in [-0.2, -0.15) is 0 Å². The molecule has 0 aromatic heterocycles. The van der Waals surface area contributed by atoms with E-state index in [0.717, 1.165) is 6.07 Å². The largest absolute Gasteiger partial charge is 0.320 e. The minimum Gasteiger partial charge on any atom is -0.320 e. The Morgan fingerprint density at radius 2 is 1.74 bits per heavy atom. The van der Waals surface area contributed by atoms with E-state index in [4.69, 9.17) is 17.3 Å². The maximum absolute atomic E-state index is 13.5. The Morgan fingerprint density at radius 3 is 2.42 bits per heavy atom. The number of nitrogens with two attached hydrogens (primary N) is 1. The minimum absolute atomic E-state index is 0.0969. The van der Waals surface area contributed by atoms with E-state index in [9.17, 15) is 13.2 Å². The first-order valence-corrected chi connectivity index (χ1v) is 6.43. The van der Waals surface area contributed by atoms with Crippen LogP contribution in [0.2, 0.25) is 5.02 Å². The highest BCUT2D eigenvalue weighted by Crippen LogP contribution is 2.33. The van der Waals surface area contributed by atoms with Crippen molar-refractivity contribution < 1.29 is 13.2 Å². The third-order valence-electron chi connectivity index (χ3n) is 2.69. The van der Waals surface area contributed by atoms with Gasteiger partial charge in [0.1, 0.15) is 5.82 Å². The van der Waals surface area contributed by atoms with E-state index in [0.29, 0.717) is 5.56 Å². The van der Waals surface area contributed by atoms with Crippen LogP contribution in [0.25, 0.3) is 0 Å². The van der Waals surface area contributed by atoms with Crippen molar-refractivity contribution in [1.29, 1.82) is 0 Å². The molecular formula is C13H8BrClF3N. The van der Waals surface area contributed by atoms with E-state index in [1.54, 1.807) is 0 Å². The Labute approximate surface area is 121 Å². The first kappa shape index (κ1) is 14.4. The van der Waals surface area contributed by atoms with Crippen molar-refractivity contribution in [3.8, 4) is 0 Å². The average Bonchev–Trinajstić information content (AvgIpc) is 2.38. The van der Waals surface area contributed by atoms with Crippen LogP contribution in [0, 0.1) is 17.5 Å².